The monoisotopic (exact) mass is 349 g/mol. The molecule has 2 amide bonds. The lowest BCUT2D eigenvalue weighted by Crippen LogP contribution is -2.40. The van der Waals surface area contributed by atoms with Crippen LogP contribution in [-0.4, -0.2) is 16.8 Å². The molecule has 0 aliphatic heterocycles. The van der Waals surface area contributed by atoms with Crippen LogP contribution < -0.4 is 10.6 Å². The van der Waals surface area contributed by atoms with Gasteiger partial charge in [0, 0.05) is 11.2 Å². The Morgan fingerprint density at radius 2 is 1.92 bits per heavy atom. The number of amides is 2. The molecule has 2 rings (SSSR count). The van der Waals surface area contributed by atoms with E-state index in [1.54, 1.807) is 24.4 Å². The maximum Gasteiger partial charge on any atom is 0.313 e. The molecule has 24 heavy (non-hydrogen) atoms. The van der Waals surface area contributed by atoms with Crippen LogP contribution in [0.15, 0.2) is 42.6 Å². The number of pyridine rings is 1. The first-order valence-electron chi connectivity index (χ1n) is 7.36. The van der Waals surface area contributed by atoms with E-state index in [1.807, 2.05) is 13.8 Å². The van der Waals surface area contributed by atoms with Gasteiger partial charge in [-0.3, -0.25) is 14.6 Å². The molecule has 0 aliphatic carbocycles. The van der Waals surface area contributed by atoms with Crippen molar-refractivity contribution in [1.82, 2.24) is 10.3 Å². The van der Waals surface area contributed by atoms with E-state index in [-0.39, 0.29) is 16.6 Å². The summed E-state index contributed by atoms with van der Waals surface area (Å²) in [4.78, 5) is 28.3. The molecule has 5 nitrogen and oxygen atoms in total. The highest BCUT2D eigenvalue weighted by Gasteiger charge is 2.23. The number of rotatable bonds is 4. The topological polar surface area (TPSA) is 71.1 Å². The minimum atomic E-state index is -0.960. The molecule has 7 heteroatoms. The summed E-state index contributed by atoms with van der Waals surface area (Å²) in [5, 5.41) is 5.05. The van der Waals surface area contributed by atoms with Gasteiger partial charge in [0.15, 0.2) is 0 Å². The molecule has 1 aromatic heterocycles. The van der Waals surface area contributed by atoms with Gasteiger partial charge in [-0.25, -0.2) is 4.39 Å². The summed E-state index contributed by atoms with van der Waals surface area (Å²) in [6.07, 6.45) is 1.61. The van der Waals surface area contributed by atoms with Crippen molar-refractivity contribution < 1.29 is 14.0 Å². The first-order valence-corrected chi connectivity index (χ1v) is 7.74. The van der Waals surface area contributed by atoms with Crippen LogP contribution in [0.3, 0.4) is 0 Å². The van der Waals surface area contributed by atoms with Crippen LogP contribution >= 0.6 is 11.6 Å². The van der Waals surface area contributed by atoms with Crippen molar-refractivity contribution in [3.8, 4) is 0 Å². The Bertz CT molecular complexity index is 738. The molecule has 0 aliphatic rings. The number of halogens is 2. The molecule has 0 spiro atoms. The Kier molecular flexibility index (Phi) is 5.87. The van der Waals surface area contributed by atoms with Gasteiger partial charge in [0.05, 0.1) is 17.4 Å². The van der Waals surface area contributed by atoms with Gasteiger partial charge in [0.1, 0.15) is 5.82 Å². The van der Waals surface area contributed by atoms with E-state index in [4.69, 9.17) is 11.6 Å². The van der Waals surface area contributed by atoms with Crippen molar-refractivity contribution in [2.24, 2.45) is 5.92 Å². The summed E-state index contributed by atoms with van der Waals surface area (Å²) < 4.78 is 13.7. The number of aromatic nitrogens is 1. The fourth-order valence-corrected chi connectivity index (χ4v) is 2.28. The first-order chi connectivity index (χ1) is 11.4. The van der Waals surface area contributed by atoms with Crippen LogP contribution in [0, 0.1) is 11.7 Å². The molecule has 0 saturated carbocycles. The van der Waals surface area contributed by atoms with Crippen molar-refractivity contribution in [2.45, 2.75) is 19.9 Å². The molecule has 0 saturated heterocycles. The molecule has 2 N–H and O–H groups in total. The highest BCUT2D eigenvalue weighted by atomic mass is 35.5. The van der Waals surface area contributed by atoms with Gasteiger partial charge in [0.2, 0.25) is 0 Å². The molecular weight excluding hydrogens is 333 g/mol. The van der Waals surface area contributed by atoms with Crippen molar-refractivity contribution in [3.05, 3.63) is 59.1 Å². The van der Waals surface area contributed by atoms with Crippen molar-refractivity contribution >= 4 is 29.1 Å². The summed E-state index contributed by atoms with van der Waals surface area (Å²) >= 11 is 5.65. The lowest BCUT2D eigenvalue weighted by molar-refractivity contribution is -0.136. The Morgan fingerprint density at radius 3 is 2.50 bits per heavy atom. The minimum absolute atomic E-state index is 0.0175. The zero-order valence-electron chi connectivity index (χ0n) is 13.2. The quantitative estimate of drug-likeness (QED) is 0.832. The van der Waals surface area contributed by atoms with Crippen LogP contribution in [0.25, 0.3) is 0 Å². The lowest BCUT2D eigenvalue weighted by atomic mass is 10.0. The molecule has 126 valence electrons. The normalized spacial score (nSPS) is 11.9. The third-order valence-electron chi connectivity index (χ3n) is 3.35. The van der Waals surface area contributed by atoms with Crippen LogP contribution in [-0.2, 0) is 9.59 Å². The van der Waals surface area contributed by atoms with Crippen LogP contribution in [0.1, 0.15) is 25.6 Å². The summed E-state index contributed by atoms with van der Waals surface area (Å²) in [6, 6.07) is 8.66. The average Bonchev–Trinajstić information content (AvgIpc) is 2.55. The Balaban J connectivity index is 2.08. The van der Waals surface area contributed by atoms with E-state index in [1.165, 1.54) is 12.1 Å². The standard InChI is InChI=1S/C17H17ClFN3O2/c1-10(2)15(14-5-3-4-8-20-14)22-17(24)16(23)21-13-7-6-11(18)9-12(13)19/h3-10,15H,1-2H3,(H,21,23)(H,22,24). The van der Waals surface area contributed by atoms with E-state index >= 15 is 0 Å². The van der Waals surface area contributed by atoms with Crippen LogP contribution in [0.5, 0.6) is 0 Å². The summed E-state index contributed by atoms with van der Waals surface area (Å²) in [7, 11) is 0. The number of hydrogen-bond acceptors (Lipinski definition) is 3. The predicted octanol–water partition coefficient (Wildman–Crippen LogP) is 3.33. The molecule has 2 aromatic rings. The van der Waals surface area contributed by atoms with Gasteiger partial charge < -0.3 is 10.6 Å². The van der Waals surface area contributed by atoms with Crippen molar-refractivity contribution in [1.29, 1.82) is 0 Å². The number of benzene rings is 1. The summed E-state index contributed by atoms with van der Waals surface area (Å²) in [5.41, 5.74) is 0.532. The Hall–Kier alpha value is -2.47. The summed E-state index contributed by atoms with van der Waals surface area (Å²) in [5.74, 6) is -2.52. The number of carbonyl (C=O) groups excluding carboxylic acids is 2. The molecule has 0 fully saturated rings. The van der Waals surface area contributed by atoms with Crippen molar-refractivity contribution in [3.63, 3.8) is 0 Å². The lowest BCUT2D eigenvalue weighted by Gasteiger charge is -2.21. The molecule has 1 heterocycles. The van der Waals surface area contributed by atoms with Gasteiger partial charge in [-0.2, -0.15) is 0 Å². The molecule has 1 atom stereocenters. The highest BCUT2D eigenvalue weighted by Crippen LogP contribution is 2.20. The first kappa shape index (κ1) is 17.9. The Labute approximate surface area is 144 Å². The fraction of sp³-hybridized carbons (Fsp3) is 0.235. The van der Waals surface area contributed by atoms with E-state index in [2.05, 4.69) is 15.6 Å². The predicted molar refractivity (Wildman–Crippen MR) is 90.0 cm³/mol. The second-order valence-electron chi connectivity index (χ2n) is 5.53. The van der Waals surface area contributed by atoms with Gasteiger partial charge in [-0.05, 0) is 36.2 Å². The number of hydrogen-bond donors (Lipinski definition) is 2. The zero-order valence-corrected chi connectivity index (χ0v) is 14.0. The number of nitrogens with zero attached hydrogens (tertiary/aromatic N) is 1. The van der Waals surface area contributed by atoms with Crippen molar-refractivity contribution in [2.75, 3.05) is 5.32 Å². The number of nitrogens with one attached hydrogen (secondary N) is 2. The van der Waals surface area contributed by atoms with E-state index in [9.17, 15) is 14.0 Å². The maximum absolute atomic E-state index is 13.7. The zero-order chi connectivity index (χ0) is 17.7. The smallest absolute Gasteiger partial charge is 0.313 e. The SMILES string of the molecule is CC(C)C(NC(=O)C(=O)Nc1ccc(Cl)cc1F)c1ccccn1. The van der Waals surface area contributed by atoms with Gasteiger partial charge in [0.25, 0.3) is 0 Å². The molecule has 1 unspecified atom stereocenters. The maximum atomic E-state index is 13.7. The number of carbonyl (C=O) groups is 2. The molecule has 0 radical (unpaired) electrons. The molecule has 0 bridgehead atoms. The second kappa shape index (κ2) is 7.88. The largest absolute Gasteiger partial charge is 0.339 e. The van der Waals surface area contributed by atoms with Gasteiger partial charge in [-0.15, -0.1) is 0 Å². The third-order valence-corrected chi connectivity index (χ3v) is 3.58. The van der Waals surface area contributed by atoms with E-state index in [0.717, 1.165) is 6.07 Å². The van der Waals surface area contributed by atoms with Gasteiger partial charge in [-0.1, -0.05) is 31.5 Å². The molecule has 1 aromatic carbocycles. The average molecular weight is 350 g/mol. The van der Waals surface area contributed by atoms with Crippen LogP contribution in [0.2, 0.25) is 5.02 Å². The number of anilines is 1. The van der Waals surface area contributed by atoms with Gasteiger partial charge >= 0.3 is 11.8 Å². The van der Waals surface area contributed by atoms with E-state index in [0.29, 0.717) is 5.69 Å². The van der Waals surface area contributed by atoms with Crippen LogP contribution in [0.4, 0.5) is 10.1 Å². The molecular formula is C17H17ClFN3O2. The fourth-order valence-electron chi connectivity index (χ4n) is 2.12. The third kappa shape index (κ3) is 4.52. The Morgan fingerprint density at radius 1 is 1.17 bits per heavy atom. The summed E-state index contributed by atoms with van der Waals surface area (Å²) in [6.45, 7) is 3.80. The van der Waals surface area contributed by atoms with E-state index < -0.39 is 23.7 Å². The second-order valence-corrected chi connectivity index (χ2v) is 5.96. The highest BCUT2D eigenvalue weighted by molar-refractivity contribution is 6.39. The minimum Gasteiger partial charge on any atom is -0.339 e.